The van der Waals surface area contributed by atoms with Crippen molar-refractivity contribution in [1.82, 2.24) is 0 Å². The Morgan fingerprint density at radius 1 is 1.29 bits per heavy atom. The summed E-state index contributed by atoms with van der Waals surface area (Å²) in [6.45, 7) is 0. The maximum atomic E-state index is 6.04. The molecule has 2 rings (SSSR count). The minimum absolute atomic E-state index is 0.0386. The van der Waals surface area contributed by atoms with Gasteiger partial charge < -0.3 is 5.73 Å². The highest BCUT2D eigenvalue weighted by molar-refractivity contribution is 5.98. The number of hydrogen-bond donors (Lipinski definition) is 1. The van der Waals surface area contributed by atoms with Crippen molar-refractivity contribution in [3.63, 3.8) is 0 Å². The van der Waals surface area contributed by atoms with Crippen molar-refractivity contribution in [2.45, 2.75) is 18.9 Å². The molecule has 1 heterocycles. The topological polar surface area (TPSA) is 50.7 Å². The number of nitrogens with zero attached hydrogens (tertiary/aromatic N) is 2. The van der Waals surface area contributed by atoms with Gasteiger partial charge in [-0.2, -0.15) is 10.2 Å². The number of benzene rings is 1. The van der Waals surface area contributed by atoms with Crippen molar-refractivity contribution >= 4 is 11.9 Å². The zero-order chi connectivity index (χ0) is 9.80. The zero-order valence-electron chi connectivity index (χ0n) is 7.93. The van der Waals surface area contributed by atoms with Gasteiger partial charge in [-0.1, -0.05) is 30.3 Å². The molecule has 3 nitrogen and oxygen atoms in total. The van der Waals surface area contributed by atoms with Crippen LogP contribution in [0.15, 0.2) is 40.5 Å². The monoisotopic (exact) mass is 187 g/mol. The van der Waals surface area contributed by atoms with Gasteiger partial charge in [-0.15, -0.1) is 0 Å². The van der Waals surface area contributed by atoms with Crippen LogP contribution in [0.4, 0.5) is 0 Å². The van der Waals surface area contributed by atoms with Crippen LogP contribution in [0.5, 0.6) is 0 Å². The van der Waals surface area contributed by atoms with Gasteiger partial charge in [-0.05, 0) is 5.56 Å². The average molecular weight is 187 g/mol. The second kappa shape index (κ2) is 4.15. The van der Waals surface area contributed by atoms with Gasteiger partial charge in [0.15, 0.2) is 0 Å². The predicted molar refractivity (Wildman–Crippen MR) is 58.5 cm³/mol. The Hall–Kier alpha value is -1.48. The molecule has 0 spiro atoms. The first-order chi connectivity index (χ1) is 6.86. The molecule has 3 heteroatoms. The van der Waals surface area contributed by atoms with Gasteiger partial charge in [0.25, 0.3) is 0 Å². The van der Waals surface area contributed by atoms with Gasteiger partial charge >= 0.3 is 0 Å². The first-order valence-electron chi connectivity index (χ1n) is 4.74. The van der Waals surface area contributed by atoms with Gasteiger partial charge in [0.05, 0.1) is 0 Å². The fourth-order valence-electron chi connectivity index (χ4n) is 1.51. The Balaban J connectivity index is 1.99. The molecule has 0 bridgehead atoms. The Morgan fingerprint density at radius 2 is 2.07 bits per heavy atom. The van der Waals surface area contributed by atoms with Gasteiger partial charge in [-0.3, -0.25) is 0 Å². The van der Waals surface area contributed by atoms with Gasteiger partial charge in [0, 0.05) is 30.8 Å². The highest BCUT2D eigenvalue weighted by Gasteiger charge is 2.10. The van der Waals surface area contributed by atoms with Gasteiger partial charge in [-0.25, -0.2) is 0 Å². The van der Waals surface area contributed by atoms with Crippen molar-refractivity contribution in [1.29, 1.82) is 0 Å². The van der Waals surface area contributed by atoms with E-state index >= 15 is 0 Å². The summed E-state index contributed by atoms with van der Waals surface area (Å²) in [6.07, 6.45) is 3.46. The Morgan fingerprint density at radius 3 is 2.71 bits per heavy atom. The molecule has 1 unspecified atom stereocenters. The second-order valence-corrected chi connectivity index (χ2v) is 3.39. The fourth-order valence-corrected chi connectivity index (χ4v) is 1.51. The SMILES string of the molecule is NC(CC1=NN=CC1)c1ccccc1. The normalized spacial score (nSPS) is 16.8. The molecule has 1 aliphatic rings. The van der Waals surface area contributed by atoms with Crippen LogP contribution in [0.2, 0.25) is 0 Å². The molecule has 0 aliphatic carbocycles. The lowest BCUT2D eigenvalue weighted by molar-refractivity contribution is 0.758. The van der Waals surface area contributed by atoms with Gasteiger partial charge in [0.2, 0.25) is 0 Å². The molecular formula is C11H13N3. The van der Waals surface area contributed by atoms with E-state index in [1.54, 1.807) is 0 Å². The van der Waals surface area contributed by atoms with Crippen molar-refractivity contribution in [2.24, 2.45) is 15.9 Å². The van der Waals surface area contributed by atoms with Crippen LogP contribution < -0.4 is 5.73 Å². The minimum Gasteiger partial charge on any atom is -0.324 e. The summed E-state index contributed by atoms with van der Waals surface area (Å²) in [5.41, 5.74) is 8.26. The number of nitrogens with two attached hydrogens (primary N) is 1. The van der Waals surface area contributed by atoms with E-state index in [1.807, 2.05) is 36.5 Å². The fraction of sp³-hybridized carbons (Fsp3) is 0.273. The maximum Gasteiger partial charge on any atom is 0.0478 e. The predicted octanol–water partition coefficient (Wildman–Crippen LogP) is 1.91. The molecule has 0 amide bonds. The van der Waals surface area contributed by atoms with E-state index in [4.69, 9.17) is 5.73 Å². The summed E-state index contributed by atoms with van der Waals surface area (Å²) in [5.74, 6) is 0. The smallest absolute Gasteiger partial charge is 0.0478 e. The quantitative estimate of drug-likeness (QED) is 0.772. The third-order valence-corrected chi connectivity index (χ3v) is 2.29. The van der Waals surface area contributed by atoms with E-state index in [2.05, 4.69) is 10.2 Å². The Labute approximate surface area is 83.4 Å². The van der Waals surface area contributed by atoms with E-state index in [0.717, 1.165) is 24.1 Å². The van der Waals surface area contributed by atoms with Crippen LogP contribution in [-0.2, 0) is 0 Å². The standard InChI is InChI=1S/C11H13N3/c12-11(8-10-6-7-13-14-10)9-4-2-1-3-5-9/h1-5,7,11H,6,8,12H2. The van der Waals surface area contributed by atoms with E-state index in [1.165, 1.54) is 0 Å². The van der Waals surface area contributed by atoms with Crippen molar-refractivity contribution in [2.75, 3.05) is 0 Å². The molecule has 1 atom stereocenters. The molecule has 72 valence electrons. The van der Waals surface area contributed by atoms with Crippen LogP contribution in [0.1, 0.15) is 24.4 Å². The van der Waals surface area contributed by atoms with Crippen LogP contribution in [0, 0.1) is 0 Å². The number of rotatable bonds is 3. The molecule has 0 saturated carbocycles. The zero-order valence-corrected chi connectivity index (χ0v) is 7.93. The molecule has 1 aliphatic heterocycles. The van der Waals surface area contributed by atoms with Crippen LogP contribution in [0.25, 0.3) is 0 Å². The molecule has 1 aromatic rings. The van der Waals surface area contributed by atoms with Gasteiger partial charge in [0.1, 0.15) is 0 Å². The second-order valence-electron chi connectivity index (χ2n) is 3.39. The Kier molecular flexibility index (Phi) is 2.70. The van der Waals surface area contributed by atoms with Crippen LogP contribution in [-0.4, -0.2) is 11.9 Å². The molecular weight excluding hydrogens is 174 g/mol. The van der Waals surface area contributed by atoms with E-state index in [-0.39, 0.29) is 6.04 Å². The van der Waals surface area contributed by atoms with Crippen molar-refractivity contribution in [3.05, 3.63) is 35.9 Å². The summed E-state index contributed by atoms with van der Waals surface area (Å²) in [6, 6.07) is 10.1. The van der Waals surface area contributed by atoms with Crippen LogP contribution >= 0.6 is 0 Å². The summed E-state index contributed by atoms with van der Waals surface area (Å²) < 4.78 is 0. The van der Waals surface area contributed by atoms with Crippen LogP contribution in [0.3, 0.4) is 0 Å². The summed E-state index contributed by atoms with van der Waals surface area (Å²) >= 11 is 0. The summed E-state index contributed by atoms with van der Waals surface area (Å²) in [5, 5.41) is 7.83. The van der Waals surface area contributed by atoms with E-state index < -0.39 is 0 Å². The summed E-state index contributed by atoms with van der Waals surface area (Å²) in [7, 11) is 0. The molecule has 14 heavy (non-hydrogen) atoms. The lowest BCUT2D eigenvalue weighted by atomic mass is 10.0. The third kappa shape index (κ3) is 2.06. The van der Waals surface area contributed by atoms with E-state index in [0.29, 0.717) is 0 Å². The lowest BCUT2D eigenvalue weighted by Crippen LogP contribution is -2.14. The lowest BCUT2D eigenvalue weighted by Gasteiger charge is -2.10. The minimum atomic E-state index is 0.0386. The van der Waals surface area contributed by atoms with E-state index in [9.17, 15) is 0 Å². The molecule has 0 saturated heterocycles. The highest BCUT2D eigenvalue weighted by Crippen LogP contribution is 2.16. The highest BCUT2D eigenvalue weighted by atomic mass is 15.2. The summed E-state index contributed by atoms with van der Waals surface area (Å²) in [4.78, 5) is 0. The largest absolute Gasteiger partial charge is 0.324 e. The molecule has 2 N–H and O–H groups in total. The maximum absolute atomic E-state index is 6.04. The molecule has 0 aromatic heterocycles. The Bertz CT molecular complexity index is 354. The van der Waals surface area contributed by atoms with Crippen molar-refractivity contribution < 1.29 is 0 Å². The average Bonchev–Trinajstić information content (AvgIpc) is 2.72. The first kappa shape index (κ1) is 9.09. The van der Waals surface area contributed by atoms with Crippen molar-refractivity contribution in [3.8, 4) is 0 Å². The molecule has 1 aromatic carbocycles. The molecule has 0 radical (unpaired) electrons. The first-order valence-corrected chi connectivity index (χ1v) is 4.74. The third-order valence-electron chi connectivity index (χ3n) is 2.29. The molecule has 0 fully saturated rings. The number of hydrogen-bond acceptors (Lipinski definition) is 3.